The average Bonchev–Trinajstić information content (AvgIpc) is 2.57. The van der Waals surface area contributed by atoms with Crippen LogP contribution in [0.2, 0.25) is 0 Å². The van der Waals surface area contributed by atoms with Gasteiger partial charge in [0, 0.05) is 0 Å². The third-order valence-electron chi connectivity index (χ3n) is 2.40. The summed E-state index contributed by atoms with van der Waals surface area (Å²) in [5.74, 6) is 0. The SMILES string of the molecule is C=Cc1ccc(COOC)cc1.OCCOCCOCCO. The van der Waals surface area contributed by atoms with Gasteiger partial charge in [0.25, 0.3) is 0 Å². The highest BCUT2D eigenvalue weighted by atomic mass is 17.2. The van der Waals surface area contributed by atoms with Crippen LogP contribution in [-0.4, -0.2) is 57.0 Å². The van der Waals surface area contributed by atoms with Gasteiger partial charge in [-0.15, -0.1) is 0 Å². The molecule has 1 rings (SSSR count). The Hall–Kier alpha value is -1.28. The maximum atomic E-state index is 8.26. The number of aliphatic hydroxyl groups excluding tert-OH is 2. The van der Waals surface area contributed by atoms with E-state index in [2.05, 4.69) is 11.5 Å². The van der Waals surface area contributed by atoms with Gasteiger partial charge in [-0.1, -0.05) is 36.9 Å². The molecule has 0 heterocycles. The second-order valence-electron chi connectivity index (χ2n) is 4.05. The van der Waals surface area contributed by atoms with Crippen molar-refractivity contribution in [3.8, 4) is 0 Å². The first kappa shape index (κ1) is 20.7. The van der Waals surface area contributed by atoms with Crippen LogP contribution in [0.25, 0.3) is 6.08 Å². The Morgan fingerprint density at radius 1 is 0.955 bits per heavy atom. The molecule has 6 heteroatoms. The van der Waals surface area contributed by atoms with Crippen molar-refractivity contribution in [1.29, 1.82) is 0 Å². The zero-order valence-corrected chi connectivity index (χ0v) is 13.1. The molecular formula is C16H26O6. The van der Waals surface area contributed by atoms with Gasteiger partial charge in [-0.2, -0.15) is 0 Å². The molecule has 0 aliphatic rings. The van der Waals surface area contributed by atoms with Crippen LogP contribution in [0.5, 0.6) is 0 Å². The standard InChI is InChI=1S/C10H12O2.C6H14O4/c1-3-9-4-6-10(7-5-9)8-12-11-2;7-1-3-9-5-6-10-4-2-8/h3-7H,1,8H2,2H3;7-8H,1-6H2. The lowest BCUT2D eigenvalue weighted by molar-refractivity contribution is -0.282. The molecule has 2 N–H and O–H groups in total. The molecule has 0 saturated heterocycles. The van der Waals surface area contributed by atoms with Crippen LogP contribution in [0.15, 0.2) is 30.8 Å². The summed E-state index contributed by atoms with van der Waals surface area (Å²) in [6.07, 6.45) is 1.81. The molecule has 0 aliphatic carbocycles. The number of aliphatic hydroxyl groups is 2. The fraction of sp³-hybridized carbons (Fsp3) is 0.500. The summed E-state index contributed by atoms with van der Waals surface area (Å²) >= 11 is 0. The van der Waals surface area contributed by atoms with Crippen LogP contribution >= 0.6 is 0 Å². The lowest BCUT2D eigenvalue weighted by Crippen LogP contribution is -2.09. The molecule has 0 radical (unpaired) electrons. The topological polar surface area (TPSA) is 77.4 Å². The first-order valence-corrected chi connectivity index (χ1v) is 7.02. The van der Waals surface area contributed by atoms with Gasteiger partial charge in [0.05, 0.1) is 46.8 Å². The first-order chi connectivity index (χ1) is 10.8. The summed E-state index contributed by atoms with van der Waals surface area (Å²) in [5, 5.41) is 16.5. The second-order valence-corrected chi connectivity index (χ2v) is 4.05. The molecule has 0 aliphatic heterocycles. The van der Waals surface area contributed by atoms with E-state index in [-0.39, 0.29) is 13.2 Å². The fourth-order valence-corrected chi connectivity index (χ4v) is 1.33. The summed E-state index contributed by atoms with van der Waals surface area (Å²) in [6, 6.07) is 7.94. The molecule has 1 aromatic carbocycles. The van der Waals surface area contributed by atoms with Crippen LogP contribution in [-0.2, 0) is 25.9 Å². The summed E-state index contributed by atoms with van der Waals surface area (Å²) in [4.78, 5) is 9.25. The Kier molecular flexibility index (Phi) is 15.2. The third kappa shape index (κ3) is 12.5. The normalized spacial score (nSPS) is 9.95. The predicted octanol–water partition coefficient (Wildman–Crippen LogP) is 1.41. The molecule has 6 nitrogen and oxygen atoms in total. The van der Waals surface area contributed by atoms with Crippen LogP contribution in [0.3, 0.4) is 0 Å². The average molecular weight is 314 g/mol. The van der Waals surface area contributed by atoms with Gasteiger partial charge in [0.2, 0.25) is 0 Å². The summed E-state index contributed by atoms with van der Waals surface area (Å²) in [7, 11) is 1.50. The van der Waals surface area contributed by atoms with Gasteiger partial charge in [-0.05, 0) is 11.1 Å². The maximum Gasteiger partial charge on any atom is 0.107 e. The lowest BCUT2D eigenvalue weighted by atomic mass is 10.1. The summed E-state index contributed by atoms with van der Waals surface area (Å²) in [6.45, 7) is 5.88. The third-order valence-corrected chi connectivity index (χ3v) is 2.40. The molecule has 0 unspecified atom stereocenters. The Labute approximate surface area is 131 Å². The highest BCUT2D eigenvalue weighted by Crippen LogP contribution is 2.06. The number of ether oxygens (including phenoxy) is 2. The van der Waals surface area contributed by atoms with E-state index in [4.69, 9.17) is 24.6 Å². The minimum atomic E-state index is 0.0417. The van der Waals surface area contributed by atoms with E-state index < -0.39 is 0 Å². The fourth-order valence-electron chi connectivity index (χ4n) is 1.33. The van der Waals surface area contributed by atoms with E-state index in [1.54, 1.807) is 6.08 Å². The van der Waals surface area contributed by atoms with E-state index >= 15 is 0 Å². The molecular weight excluding hydrogens is 288 g/mol. The number of hydrogen-bond donors (Lipinski definition) is 2. The van der Waals surface area contributed by atoms with Crippen molar-refractivity contribution < 1.29 is 29.5 Å². The van der Waals surface area contributed by atoms with Gasteiger partial charge in [0.15, 0.2) is 0 Å². The molecule has 0 spiro atoms. The molecule has 0 saturated carbocycles. The zero-order valence-electron chi connectivity index (χ0n) is 13.1. The quantitative estimate of drug-likeness (QED) is 0.365. The van der Waals surface area contributed by atoms with Gasteiger partial charge < -0.3 is 19.7 Å². The Balaban J connectivity index is 0.000000409. The molecule has 0 atom stereocenters. The van der Waals surface area contributed by atoms with Gasteiger partial charge in [-0.3, -0.25) is 0 Å². The molecule has 0 bridgehead atoms. The van der Waals surface area contributed by atoms with Crippen LogP contribution in [0.4, 0.5) is 0 Å². The predicted molar refractivity (Wildman–Crippen MR) is 84.1 cm³/mol. The molecule has 0 aromatic heterocycles. The number of benzene rings is 1. The Bertz CT molecular complexity index is 344. The van der Waals surface area contributed by atoms with Crippen molar-refractivity contribution in [2.75, 3.05) is 46.8 Å². The van der Waals surface area contributed by atoms with Gasteiger partial charge >= 0.3 is 0 Å². The van der Waals surface area contributed by atoms with Crippen LogP contribution < -0.4 is 0 Å². The number of hydrogen-bond acceptors (Lipinski definition) is 6. The van der Waals surface area contributed by atoms with Crippen molar-refractivity contribution in [3.63, 3.8) is 0 Å². The first-order valence-electron chi connectivity index (χ1n) is 7.02. The minimum absolute atomic E-state index is 0.0417. The van der Waals surface area contributed by atoms with E-state index in [1.165, 1.54) is 7.11 Å². The smallest absolute Gasteiger partial charge is 0.107 e. The summed E-state index contributed by atoms with van der Waals surface area (Å²) in [5.41, 5.74) is 2.19. The molecule has 126 valence electrons. The molecule has 22 heavy (non-hydrogen) atoms. The Morgan fingerprint density at radius 3 is 1.91 bits per heavy atom. The van der Waals surface area contributed by atoms with Gasteiger partial charge in [-0.25, -0.2) is 9.78 Å². The monoisotopic (exact) mass is 314 g/mol. The highest BCUT2D eigenvalue weighted by molar-refractivity contribution is 5.47. The van der Waals surface area contributed by atoms with Crippen molar-refractivity contribution >= 4 is 6.08 Å². The maximum absolute atomic E-state index is 8.26. The van der Waals surface area contributed by atoms with Gasteiger partial charge in [0.1, 0.15) is 6.61 Å². The van der Waals surface area contributed by atoms with Crippen LogP contribution in [0, 0.1) is 0 Å². The molecule has 0 amide bonds. The van der Waals surface area contributed by atoms with E-state index in [9.17, 15) is 0 Å². The minimum Gasteiger partial charge on any atom is -0.394 e. The van der Waals surface area contributed by atoms with Crippen molar-refractivity contribution in [2.45, 2.75) is 6.61 Å². The Morgan fingerprint density at radius 2 is 1.50 bits per heavy atom. The second kappa shape index (κ2) is 16.1. The van der Waals surface area contributed by atoms with E-state index in [1.807, 2.05) is 24.3 Å². The van der Waals surface area contributed by atoms with Crippen molar-refractivity contribution in [1.82, 2.24) is 0 Å². The highest BCUT2D eigenvalue weighted by Gasteiger charge is 1.91. The van der Waals surface area contributed by atoms with E-state index in [0.29, 0.717) is 33.0 Å². The molecule has 1 aromatic rings. The van der Waals surface area contributed by atoms with Crippen molar-refractivity contribution in [2.24, 2.45) is 0 Å². The molecule has 0 fully saturated rings. The van der Waals surface area contributed by atoms with Crippen molar-refractivity contribution in [3.05, 3.63) is 42.0 Å². The lowest BCUT2D eigenvalue weighted by Gasteiger charge is -2.01. The van der Waals surface area contributed by atoms with Crippen LogP contribution in [0.1, 0.15) is 11.1 Å². The summed E-state index contributed by atoms with van der Waals surface area (Å²) < 4.78 is 9.75. The largest absolute Gasteiger partial charge is 0.394 e. The van der Waals surface area contributed by atoms with E-state index in [0.717, 1.165) is 11.1 Å². The zero-order chi connectivity index (χ0) is 16.5. The number of rotatable bonds is 11.